The lowest BCUT2D eigenvalue weighted by Crippen LogP contribution is -1.89. The molecule has 0 aliphatic carbocycles. The highest BCUT2D eigenvalue weighted by Gasteiger charge is 2.11. The summed E-state index contributed by atoms with van der Waals surface area (Å²) in [6, 6.07) is 3.82. The van der Waals surface area contributed by atoms with Crippen LogP contribution in [0.5, 0.6) is 5.75 Å². The molecule has 14 heavy (non-hydrogen) atoms. The Bertz CT molecular complexity index is 464. The van der Waals surface area contributed by atoms with Crippen LogP contribution in [0.15, 0.2) is 17.5 Å². The van der Waals surface area contributed by atoms with Crippen molar-refractivity contribution in [3.63, 3.8) is 0 Å². The summed E-state index contributed by atoms with van der Waals surface area (Å²) in [4.78, 5) is 0. The molecule has 0 aliphatic rings. The molecule has 0 bridgehead atoms. The number of thiophene rings is 1. The molecule has 0 aliphatic heterocycles. The van der Waals surface area contributed by atoms with Gasteiger partial charge in [0.1, 0.15) is 5.75 Å². The number of benzene rings is 1. The first-order valence-electron chi connectivity index (χ1n) is 4.15. The molecule has 4 heteroatoms. The number of alkyl halides is 1. The molecular weight excluding hydrogens is 264 g/mol. The topological polar surface area (TPSA) is 40.5 Å². The second-order valence-electron chi connectivity index (χ2n) is 2.99. The molecule has 0 atom stereocenters. The molecule has 1 heterocycles. The highest BCUT2D eigenvalue weighted by atomic mass is 79.9. The van der Waals surface area contributed by atoms with E-state index >= 15 is 0 Å². The van der Waals surface area contributed by atoms with E-state index in [1.807, 2.05) is 17.5 Å². The Morgan fingerprint density at radius 1 is 1.43 bits per heavy atom. The maximum absolute atomic E-state index is 9.82. The van der Waals surface area contributed by atoms with Gasteiger partial charge in [-0.25, -0.2) is 0 Å². The number of halogens is 1. The summed E-state index contributed by atoms with van der Waals surface area (Å²) in [6.07, 6.45) is 0. The number of aliphatic hydroxyl groups is 1. The minimum absolute atomic E-state index is 0.125. The van der Waals surface area contributed by atoms with Gasteiger partial charge in [0.25, 0.3) is 0 Å². The SMILES string of the molecule is OCc1cc2sccc2c(CBr)c1O. The van der Waals surface area contributed by atoms with Crippen molar-refractivity contribution in [1.29, 1.82) is 0 Å². The third kappa shape index (κ3) is 1.43. The smallest absolute Gasteiger partial charge is 0.125 e. The largest absolute Gasteiger partial charge is 0.507 e. The van der Waals surface area contributed by atoms with E-state index < -0.39 is 0 Å². The van der Waals surface area contributed by atoms with Crippen LogP contribution in [-0.2, 0) is 11.9 Å². The van der Waals surface area contributed by atoms with E-state index in [-0.39, 0.29) is 12.4 Å². The summed E-state index contributed by atoms with van der Waals surface area (Å²) >= 11 is 4.95. The predicted molar refractivity (Wildman–Crippen MR) is 62.0 cm³/mol. The zero-order chi connectivity index (χ0) is 10.1. The molecular formula is C10H9BrO2S. The van der Waals surface area contributed by atoms with Crippen LogP contribution in [0.1, 0.15) is 11.1 Å². The number of rotatable bonds is 2. The number of aromatic hydroxyl groups is 1. The molecule has 1 aromatic carbocycles. The van der Waals surface area contributed by atoms with E-state index in [0.29, 0.717) is 10.9 Å². The summed E-state index contributed by atoms with van der Waals surface area (Å²) in [5.74, 6) is 0.204. The Morgan fingerprint density at radius 3 is 2.86 bits per heavy atom. The highest BCUT2D eigenvalue weighted by Crippen LogP contribution is 2.35. The number of hydrogen-bond acceptors (Lipinski definition) is 3. The second kappa shape index (κ2) is 3.88. The summed E-state index contributed by atoms with van der Waals surface area (Å²) in [5.41, 5.74) is 1.45. The molecule has 0 spiro atoms. The van der Waals surface area contributed by atoms with Crippen molar-refractivity contribution in [2.24, 2.45) is 0 Å². The molecule has 2 rings (SSSR count). The first kappa shape index (κ1) is 9.96. The summed E-state index contributed by atoms with van der Waals surface area (Å²) in [5, 5.41) is 22.5. The van der Waals surface area contributed by atoms with E-state index in [1.54, 1.807) is 11.3 Å². The lowest BCUT2D eigenvalue weighted by molar-refractivity contribution is 0.275. The van der Waals surface area contributed by atoms with Crippen LogP contribution >= 0.6 is 27.3 Å². The van der Waals surface area contributed by atoms with Gasteiger partial charge in [0, 0.05) is 26.5 Å². The Kier molecular flexibility index (Phi) is 2.76. The van der Waals surface area contributed by atoms with E-state index in [9.17, 15) is 5.11 Å². The van der Waals surface area contributed by atoms with Crippen LogP contribution in [0.3, 0.4) is 0 Å². The predicted octanol–water partition coefficient (Wildman–Crippen LogP) is 2.99. The van der Waals surface area contributed by atoms with Crippen LogP contribution < -0.4 is 0 Å². The van der Waals surface area contributed by atoms with Gasteiger partial charge >= 0.3 is 0 Å². The van der Waals surface area contributed by atoms with E-state index in [2.05, 4.69) is 15.9 Å². The molecule has 2 N–H and O–H groups in total. The number of hydrogen-bond donors (Lipinski definition) is 2. The van der Waals surface area contributed by atoms with Crippen LogP contribution in [0.4, 0.5) is 0 Å². The molecule has 0 amide bonds. The molecule has 0 saturated heterocycles. The third-order valence-corrected chi connectivity index (χ3v) is 3.64. The first-order chi connectivity index (χ1) is 6.77. The van der Waals surface area contributed by atoms with Crippen molar-refractivity contribution < 1.29 is 10.2 Å². The molecule has 0 fully saturated rings. The molecule has 2 aromatic rings. The average Bonchev–Trinajstić information content (AvgIpc) is 2.64. The van der Waals surface area contributed by atoms with Crippen molar-refractivity contribution in [3.8, 4) is 5.75 Å². The normalized spacial score (nSPS) is 11.0. The minimum Gasteiger partial charge on any atom is -0.507 e. The monoisotopic (exact) mass is 272 g/mol. The van der Waals surface area contributed by atoms with E-state index in [4.69, 9.17) is 5.11 Å². The Labute approximate surface area is 93.9 Å². The van der Waals surface area contributed by atoms with Crippen LogP contribution in [0.25, 0.3) is 10.1 Å². The summed E-state index contributed by atoms with van der Waals surface area (Å²) in [7, 11) is 0. The van der Waals surface area contributed by atoms with Gasteiger partial charge in [-0.15, -0.1) is 11.3 Å². The quantitative estimate of drug-likeness (QED) is 0.826. The zero-order valence-electron chi connectivity index (χ0n) is 7.33. The highest BCUT2D eigenvalue weighted by molar-refractivity contribution is 9.08. The van der Waals surface area contributed by atoms with Gasteiger partial charge in [0.2, 0.25) is 0 Å². The maximum Gasteiger partial charge on any atom is 0.125 e. The zero-order valence-corrected chi connectivity index (χ0v) is 9.73. The van der Waals surface area contributed by atoms with Gasteiger partial charge < -0.3 is 10.2 Å². The molecule has 0 saturated carbocycles. The Morgan fingerprint density at radius 2 is 2.21 bits per heavy atom. The maximum atomic E-state index is 9.82. The standard InChI is InChI=1S/C10H9BrO2S/c11-4-8-7-1-2-14-9(7)3-6(5-12)10(8)13/h1-3,12-13H,4-5H2. The number of aliphatic hydroxyl groups excluding tert-OH is 1. The van der Waals surface area contributed by atoms with Crippen molar-refractivity contribution in [3.05, 3.63) is 28.6 Å². The fourth-order valence-corrected chi connectivity index (χ4v) is 2.93. The molecule has 74 valence electrons. The molecule has 1 aromatic heterocycles. The van der Waals surface area contributed by atoms with E-state index in [1.165, 1.54) is 0 Å². The fraction of sp³-hybridized carbons (Fsp3) is 0.200. The van der Waals surface area contributed by atoms with Crippen LogP contribution in [0.2, 0.25) is 0 Å². The Hall–Kier alpha value is -0.580. The van der Waals surface area contributed by atoms with Crippen molar-refractivity contribution in [1.82, 2.24) is 0 Å². The first-order valence-corrected chi connectivity index (χ1v) is 6.15. The minimum atomic E-state index is -0.125. The van der Waals surface area contributed by atoms with Gasteiger partial charge in [-0.05, 0) is 17.5 Å². The lowest BCUT2D eigenvalue weighted by Gasteiger charge is -2.07. The van der Waals surface area contributed by atoms with Gasteiger partial charge in [0.15, 0.2) is 0 Å². The molecule has 0 radical (unpaired) electrons. The fourth-order valence-electron chi connectivity index (χ4n) is 1.49. The molecule has 2 nitrogen and oxygen atoms in total. The van der Waals surface area contributed by atoms with Crippen molar-refractivity contribution in [2.45, 2.75) is 11.9 Å². The second-order valence-corrected chi connectivity index (χ2v) is 4.50. The summed E-state index contributed by atoms with van der Waals surface area (Å²) < 4.78 is 1.10. The van der Waals surface area contributed by atoms with Crippen molar-refractivity contribution in [2.75, 3.05) is 0 Å². The number of fused-ring (bicyclic) bond motifs is 1. The summed E-state index contributed by atoms with van der Waals surface area (Å²) in [6.45, 7) is -0.125. The van der Waals surface area contributed by atoms with E-state index in [0.717, 1.165) is 15.6 Å². The van der Waals surface area contributed by atoms with Gasteiger partial charge in [0.05, 0.1) is 6.61 Å². The third-order valence-electron chi connectivity index (χ3n) is 2.22. The lowest BCUT2D eigenvalue weighted by atomic mass is 10.1. The molecule has 0 unspecified atom stereocenters. The van der Waals surface area contributed by atoms with Crippen molar-refractivity contribution >= 4 is 37.4 Å². The van der Waals surface area contributed by atoms with Crippen LogP contribution in [-0.4, -0.2) is 10.2 Å². The van der Waals surface area contributed by atoms with Gasteiger partial charge in [-0.1, -0.05) is 15.9 Å². The number of phenols is 1. The van der Waals surface area contributed by atoms with Crippen LogP contribution in [0, 0.1) is 0 Å². The van der Waals surface area contributed by atoms with Gasteiger partial charge in [-0.2, -0.15) is 0 Å². The van der Waals surface area contributed by atoms with Gasteiger partial charge in [-0.3, -0.25) is 0 Å². The average molecular weight is 273 g/mol. The Balaban J connectivity index is 2.80.